The number of likely N-dealkylation sites (tertiary alicyclic amines) is 2. The van der Waals surface area contributed by atoms with Crippen molar-refractivity contribution < 1.29 is 23.4 Å². The van der Waals surface area contributed by atoms with Crippen molar-refractivity contribution in [2.45, 2.75) is 44.4 Å². The number of benzene rings is 2. The van der Waals surface area contributed by atoms with Gasteiger partial charge in [-0.05, 0) is 88.3 Å². The lowest BCUT2D eigenvalue weighted by Crippen LogP contribution is -2.44. The lowest BCUT2D eigenvalue weighted by Gasteiger charge is -2.31. The number of hydrogen-bond donors (Lipinski definition) is 3. The third-order valence-corrected chi connectivity index (χ3v) is 8.80. The van der Waals surface area contributed by atoms with Crippen LogP contribution < -0.4 is 21.3 Å². The standard InChI is InChI=1S/C36H36F2N6O4.3ClH/c1-36(2,43-21-29(30(45)22-43)42-17-3-4-18-42)15-13-26-31(14-16-40-33(26)39)48-32-12-9-24(20-28(32)38)41-34(46)27-6-5-19-44(35(27)47)25-10-7-23(37)8-11-25;;;/h5-12,14,16,19-20,29-30,45H,3-4,17-18,21-22H2,1-2H3,(H2,39,40)(H,41,46);3*1H/t29-,30+;;;/m1.../s1. The maximum absolute atomic E-state index is 15.3. The van der Waals surface area contributed by atoms with Gasteiger partial charge in [0.15, 0.2) is 11.6 Å². The summed E-state index contributed by atoms with van der Waals surface area (Å²) in [5.74, 6) is 4.54. The van der Waals surface area contributed by atoms with E-state index in [9.17, 15) is 19.1 Å². The molecule has 0 bridgehead atoms. The number of ether oxygens (including phenoxy) is 1. The number of nitrogen functional groups attached to an aromatic ring is 1. The molecule has 2 aromatic heterocycles. The van der Waals surface area contributed by atoms with Crippen LogP contribution in [0.25, 0.3) is 5.69 Å². The molecule has 10 nitrogen and oxygen atoms in total. The fraction of sp³-hybridized carbons (Fsp3) is 0.306. The quantitative estimate of drug-likeness (QED) is 0.206. The van der Waals surface area contributed by atoms with E-state index in [1.54, 1.807) is 0 Å². The van der Waals surface area contributed by atoms with Gasteiger partial charge >= 0.3 is 0 Å². The summed E-state index contributed by atoms with van der Waals surface area (Å²) in [5.41, 5.74) is 5.54. The van der Waals surface area contributed by atoms with E-state index in [4.69, 9.17) is 10.5 Å². The van der Waals surface area contributed by atoms with Crippen LogP contribution in [0.1, 0.15) is 42.6 Å². The SMILES string of the molecule is CC(C)(C#Cc1c(Oc2ccc(NC(=O)c3cccn(-c4ccc(F)cc4)c3=O)cc2F)ccnc1N)N1C[C@@H](N2CCCC2)[C@@H](O)C1.Cl.Cl.Cl. The summed E-state index contributed by atoms with van der Waals surface area (Å²) < 4.78 is 35.8. The van der Waals surface area contributed by atoms with E-state index in [0.29, 0.717) is 24.3 Å². The van der Waals surface area contributed by atoms with Crippen LogP contribution in [0.5, 0.6) is 11.5 Å². The number of pyridine rings is 2. The molecule has 1 amide bonds. The van der Waals surface area contributed by atoms with E-state index in [2.05, 4.69) is 31.9 Å². The van der Waals surface area contributed by atoms with Gasteiger partial charge < -0.3 is 20.9 Å². The Bertz CT molecular complexity index is 1960. The number of hydrogen-bond acceptors (Lipinski definition) is 8. The van der Waals surface area contributed by atoms with Gasteiger partial charge in [0, 0.05) is 55.0 Å². The number of β-amino-alcohol motifs (C(OH)–C–C–N with tert-alkyl or cyclic N) is 1. The first-order chi connectivity index (χ1) is 23.0. The third kappa shape index (κ3) is 9.18. The second-order valence-corrected chi connectivity index (χ2v) is 12.4. The third-order valence-electron chi connectivity index (χ3n) is 8.80. The maximum Gasteiger partial charge on any atom is 0.267 e. The average molecular weight is 764 g/mol. The van der Waals surface area contributed by atoms with Crippen molar-refractivity contribution in [1.82, 2.24) is 19.4 Å². The number of anilines is 2. The summed E-state index contributed by atoms with van der Waals surface area (Å²) in [7, 11) is 0. The summed E-state index contributed by atoms with van der Waals surface area (Å²) >= 11 is 0. The number of halogens is 5. The zero-order valence-corrected chi connectivity index (χ0v) is 30.3. The van der Waals surface area contributed by atoms with Crippen LogP contribution in [0.3, 0.4) is 0 Å². The van der Waals surface area contributed by atoms with Crippen molar-refractivity contribution in [3.8, 4) is 29.0 Å². The molecule has 0 unspecified atom stereocenters. The molecule has 0 spiro atoms. The highest BCUT2D eigenvalue weighted by atomic mass is 35.5. The van der Waals surface area contributed by atoms with Crippen LogP contribution in [0.4, 0.5) is 20.3 Å². The van der Waals surface area contributed by atoms with Gasteiger partial charge in [0.05, 0.1) is 11.6 Å². The number of amides is 1. The molecule has 2 saturated heterocycles. The predicted molar refractivity (Wildman–Crippen MR) is 200 cm³/mol. The Labute approximate surface area is 313 Å². The lowest BCUT2D eigenvalue weighted by atomic mass is 10.0. The minimum Gasteiger partial charge on any atom is -0.453 e. The van der Waals surface area contributed by atoms with E-state index in [1.165, 1.54) is 71.6 Å². The van der Waals surface area contributed by atoms with E-state index in [-0.39, 0.29) is 71.8 Å². The average Bonchev–Trinajstić information content (AvgIpc) is 3.73. The number of aliphatic hydroxyl groups excluding tert-OH is 1. The van der Waals surface area contributed by atoms with Gasteiger partial charge in [-0.1, -0.05) is 11.8 Å². The van der Waals surface area contributed by atoms with Gasteiger partial charge in [0.2, 0.25) is 0 Å². The van der Waals surface area contributed by atoms with Crippen molar-refractivity contribution in [1.29, 1.82) is 0 Å². The Balaban J connectivity index is 0.00000234. The molecule has 4 N–H and O–H groups in total. The van der Waals surface area contributed by atoms with Crippen LogP contribution in [0.2, 0.25) is 0 Å². The van der Waals surface area contributed by atoms with Crippen LogP contribution in [0.15, 0.2) is 77.9 Å². The zero-order chi connectivity index (χ0) is 34.0. The molecule has 2 aliphatic rings. The molecule has 0 aliphatic carbocycles. The number of aliphatic hydroxyl groups is 1. The molecule has 0 saturated carbocycles. The summed E-state index contributed by atoms with van der Waals surface area (Å²) in [6.07, 6.45) is 4.72. The molecule has 51 heavy (non-hydrogen) atoms. The van der Waals surface area contributed by atoms with Gasteiger partial charge in [0.1, 0.15) is 28.5 Å². The lowest BCUT2D eigenvalue weighted by molar-refractivity contribution is 0.0968. The number of nitrogens with two attached hydrogens (primary N) is 1. The minimum absolute atomic E-state index is 0. The highest BCUT2D eigenvalue weighted by Crippen LogP contribution is 2.32. The summed E-state index contributed by atoms with van der Waals surface area (Å²) in [6.45, 7) is 7.13. The number of carbonyl (C=O) groups excluding carboxylic acids is 1. The second-order valence-electron chi connectivity index (χ2n) is 12.4. The number of nitrogens with zero attached hydrogens (tertiary/aromatic N) is 4. The van der Waals surface area contributed by atoms with Gasteiger partial charge in [-0.2, -0.15) is 0 Å². The maximum atomic E-state index is 15.3. The van der Waals surface area contributed by atoms with E-state index in [0.717, 1.165) is 32.0 Å². The van der Waals surface area contributed by atoms with Crippen LogP contribution >= 0.6 is 37.2 Å². The van der Waals surface area contributed by atoms with E-state index in [1.807, 2.05) is 13.8 Å². The summed E-state index contributed by atoms with van der Waals surface area (Å²) in [6, 6.07) is 13.6. The van der Waals surface area contributed by atoms with Crippen molar-refractivity contribution in [2.24, 2.45) is 0 Å². The molecular formula is C36H39Cl3F2N6O4. The van der Waals surface area contributed by atoms with Crippen molar-refractivity contribution >= 4 is 54.6 Å². The summed E-state index contributed by atoms with van der Waals surface area (Å²) in [4.78, 5) is 34.7. The fourth-order valence-electron chi connectivity index (χ4n) is 6.07. The molecule has 0 radical (unpaired) electrons. The molecule has 15 heteroatoms. The fourth-order valence-corrected chi connectivity index (χ4v) is 6.07. The predicted octanol–water partition coefficient (Wildman–Crippen LogP) is 5.67. The molecule has 2 atom stereocenters. The minimum atomic E-state index is -0.779. The highest BCUT2D eigenvalue weighted by molar-refractivity contribution is 6.04. The Hall–Kier alpha value is -4.22. The van der Waals surface area contributed by atoms with Gasteiger partial charge in [0.25, 0.3) is 11.5 Å². The molecule has 6 rings (SSSR count). The number of aromatic nitrogens is 2. The summed E-state index contributed by atoms with van der Waals surface area (Å²) in [5, 5.41) is 13.3. The van der Waals surface area contributed by atoms with Crippen LogP contribution in [0, 0.1) is 23.5 Å². The van der Waals surface area contributed by atoms with E-state index >= 15 is 4.39 Å². The zero-order valence-electron chi connectivity index (χ0n) is 27.8. The first-order valence-corrected chi connectivity index (χ1v) is 15.7. The molecule has 2 fully saturated rings. The van der Waals surface area contributed by atoms with Gasteiger partial charge in [-0.15, -0.1) is 37.2 Å². The van der Waals surface area contributed by atoms with Crippen LogP contribution in [-0.2, 0) is 0 Å². The van der Waals surface area contributed by atoms with E-state index < -0.39 is 34.7 Å². The number of rotatable bonds is 7. The monoisotopic (exact) mass is 762 g/mol. The second kappa shape index (κ2) is 17.3. The first-order valence-electron chi connectivity index (χ1n) is 15.7. The Kier molecular flexibility index (Phi) is 14.0. The number of nitrogens with one attached hydrogen (secondary N) is 1. The highest BCUT2D eigenvalue weighted by Gasteiger charge is 2.41. The normalized spacial score (nSPS) is 17.3. The molecule has 4 heterocycles. The molecule has 4 aromatic rings. The van der Waals surface area contributed by atoms with Crippen molar-refractivity contribution in [3.05, 3.63) is 106 Å². The largest absolute Gasteiger partial charge is 0.453 e. The molecular weight excluding hydrogens is 725 g/mol. The van der Waals surface area contributed by atoms with Crippen molar-refractivity contribution in [3.63, 3.8) is 0 Å². The Morgan fingerprint density at radius 1 is 1.02 bits per heavy atom. The molecule has 272 valence electrons. The van der Waals surface area contributed by atoms with Crippen molar-refractivity contribution in [2.75, 3.05) is 37.2 Å². The van der Waals surface area contributed by atoms with Gasteiger partial charge in [-0.3, -0.25) is 24.0 Å². The first kappa shape index (κ1) is 41.2. The molecule has 2 aliphatic heterocycles. The smallest absolute Gasteiger partial charge is 0.267 e. The number of carbonyl (C=O) groups is 1. The van der Waals surface area contributed by atoms with Crippen LogP contribution in [-0.4, -0.2) is 74.2 Å². The molecule has 2 aromatic carbocycles. The van der Waals surface area contributed by atoms with Gasteiger partial charge in [-0.25, -0.2) is 13.8 Å². The Morgan fingerprint density at radius 2 is 1.73 bits per heavy atom. The Morgan fingerprint density at radius 3 is 2.41 bits per heavy atom. The topological polar surface area (TPSA) is 126 Å².